The fraction of sp³-hybridized carbons (Fsp3) is 0.440. The van der Waals surface area contributed by atoms with Crippen molar-refractivity contribution in [2.75, 3.05) is 31.3 Å². The van der Waals surface area contributed by atoms with E-state index in [4.69, 9.17) is 9.84 Å². The number of hydrogen-bond donors (Lipinski definition) is 0. The summed E-state index contributed by atoms with van der Waals surface area (Å²) in [5.41, 5.74) is 1.39. The molecule has 5 nitrogen and oxygen atoms in total. The second-order valence-electron chi connectivity index (χ2n) is 8.94. The lowest BCUT2D eigenvalue weighted by Crippen LogP contribution is -2.53. The third kappa shape index (κ3) is 3.48. The molecular formula is C25H27F2N3O2. The van der Waals surface area contributed by atoms with Gasteiger partial charge < -0.3 is 4.74 Å². The van der Waals surface area contributed by atoms with Crippen LogP contribution in [0.5, 0.6) is 5.75 Å². The average Bonchev–Trinajstić information content (AvgIpc) is 3.12. The van der Waals surface area contributed by atoms with E-state index in [1.165, 1.54) is 12.1 Å². The van der Waals surface area contributed by atoms with Gasteiger partial charge in [-0.1, -0.05) is 36.8 Å². The predicted octanol–water partition coefficient (Wildman–Crippen LogP) is 4.11. The Bertz CT molecular complexity index is 1040. The van der Waals surface area contributed by atoms with Crippen LogP contribution in [0.15, 0.2) is 53.6 Å². The first kappa shape index (κ1) is 21.1. The van der Waals surface area contributed by atoms with Gasteiger partial charge in [0.2, 0.25) is 0 Å². The van der Waals surface area contributed by atoms with Crippen molar-refractivity contribution in [2.45, 2.75) is 43.8 Å². The van der Waals surface area contributed by atoms with E-state index in [0.29, 0.717) is 43.3 Å². The first-order chi connectivity index (χ1) is 15.5. The molecule has 1 fully saturated rings. The van der Waals surface area contributed by atoms with E-state index in [9.17, 15) is 13.6 Å². The maximum absolute atomic E-state index is 14.1. The van der Waals surface area contributed by atoms with Crippen LogP contribution in [0.1, 0.15) is 31.7 Å². The van der Waals surface area contributed by atoms with Gasteiger partial charge in [-0.2, -0.15) is 5.10 Å². The number of likely N-dealkylation sites (tertiary alicyclic amines) is 1. The summed E-state index contributed by atoms with van der Waals surface area (Å²) in [7, 11) is 0. The molecule has 0 spiro atoms. The van der Waals surface area contributed by atoms with Crippen LogP contribution in [0, 0.1) is 5.82 Å². The molecule has 2 aromatic carbocycles. The summed E-state index contributed by atoms with van der Waals surface area (Å²) in [4.78, 5) is 15.0. The van der Waals surface area contributed by atoms with Crippen molar-refractivity contribution in [1.82, 2.24) is 4.90 Å². The van der Waals surface area contributed by atoms with Crippen LogP contribution in [0.2, 0.25) is 0 Å². The fourth-order valence-corrected chi connectivity index (χ4v) is 5.34. The Morgan fingerprint density at radius 3 is 2.69 bits per heavy atom. The molecule has 2 aromatic rings. The highest BCUT2D eigenvalue weighted by Crippen LogP contribution is 2.48. The number of nitrogens with zero attached hydrogens (tertiary/aromatic N) is 3. The summed E-state index contributed by atoms with van der Waals surface area (Å²) in [5, 5.41) is 6.55. The van der Waals surface area contributed by atoms with Crippen LogP contribution >= 0.6 is 0 Å². The summed E-state index contributed by atoms with van der Waals surface area (Å²) in [6, 6.07) is 14.1. The van der Waals surface area contributed by atoms with Crippen LogP contribution in [0.4, 0.5) is 14.5 Å². The number of Topliss-reactive ketones (excluding diaryl/α,β-unsaturated/α-hetero) is 1. The van der Waals surface area contributed by atoms with E-state index in [2.05, 4.69) is 4.90 Å². The molecule has 0 amide bonds. The maximum Gasteiger partial charge on any atom is 0.176 e. The van der Waals surface area contributed by atoms with Gasteiger partial charge in [-0.05, 0) is 37.1 Å². The highest BCUT2D eigenvalue weighted by molar-refractivity contribution is 6.43. The maximum atomic E-state index is 14.1. The number of benzene rings is 2. The number of carbonyl (C=O) groups is 1. The summed E-state index contributed by atoms with van der Waals surface area (Å²) >= 11 is 0. The summed E-state index contributed by atoms with van der Waals surface area (Å²) in [5.74, 6) is 0.103. The van der Waals surface area contributed by atoms with Gasteiger partial charge in [0.05, 0.1) is 5.41 Å². The number of alkyl halides is 1. The Labute approximate surface area is 186 Å². The largest absolute Gasteiger partial charge is 0.489 e. The van der Waals surface area contributed by atoms with Gasteiger partial charge in [-0.15, -0.1) is 0 Å². The van der Waals surface area contributed by atoms with Gasteiger partial charge in [0.1, 0.15) is 41.8 Å². The van der Waals surface area contributed by atoms with E-state index < -0.39 is 11.6 Å². The van der Waals surface area contributed by atoms with Crippen LogP contribution in [-0.4, -0.2) is 54.8 Å². The number of ketones is 1. The molecule has 5 rings (SSSR count). The Morgan fingerprint density at radius 2 is 1.97 bits per heavy atom. The smallest absolute Gasteiger partial charge is 0.176 e. The van der Waals surface area contributed by atoms with Crippen molar-refractivity contribution in [3.63, 3.8) is 0 Å². The first-order valence-electron chi connectivity index (χ1n) is 11.2. The van der Waals surface area contributed by atoms with Crippen molar-refractivity contribution in [2.24, 2.45) is 5.10 Å². The Kier molecular flexibility index (Phi) is 5.45. The van der Waals surface area contributed by atoms with Crippen LogP contribution in [0.25, 0.3) is 0 Å². The lowest BCUT2D eigenvalue weighted by molar-refractivity contribution is -0.111. The van der Waals surface area contributed by atoms with E-state index >= 15 is 0 Å². The molecule has 2 atom stereocenters. The molecule has 0 saturated carbocycles. The standard InChI is InChI=1S/C25H27F2N3O2/c1-17(31)24-25(18-7-3-2-4-8-18,11-5-6-12-29-14-20(27)15-29)23-16-32-22-10-9-19(26)13-21(22)30(23)28-24/h2-4,7-10,13,20,23H,5-6,11-12,14-16H2,1H3/t23-,25+/m0/s1. The Balaban J connectivity index is 1.50. The minimum absolute atomic E-state index is 0.0933. The molecule has 0 radical (unpaired) electrons. The van der Waals surface area contributed by atoms with Crippen molar-refractivity contribution in [3.05, 3.63) is 59.9 Å². The highest BCUT2D eigenvalue weighted by atomic mass is 19.1. The number of fused-ring (bicyclic) bond motifs is 3. The normalized spacial score (nSPS) is 24.9. The zero-order valence-corrected chi connectivity index (χ0v) is 18.1. The highest BCUT2D eigenvalue weighted by Gasteiger charge is 2.55. The molecule has 0 N–H and O–H groups in total. The molecule has 7 heteroatoms. The molecule has 0 unspecified atom stereocenters. The van der Waals surface area contributed by atoms with Gasteiger partial charge in [0.25, 0.3) is 0 Å². The Morgan fingerprint density at radius 1 is 1.19 bits per heavy atom. The summed E-state index contributed by atoms with van der Waals surface area (Å²) in [6.45, 7) is 3.76. The number of hydrazone groups is 1. The molecule has 168 valence electrons. The number of hydrogen-bond acceptors (Lipinski definition) is 5. The van der Waals surface area contributed by atoms with Crippen molar-refractivity contribution >= 4 is 17.2 Å². The zero-order chi connectivity index (χ0) is 22.3. The third-order valence-corrected chi connectivity index (χ3v) is 6.89. The SMILES string of the molecule is CC(=O)C1=NN2c3cc(F)ccc3OC[C@H]2[C@@]1(CCCCN1CC(F)C1)c1ccccc1. The van der Waals surface area contributed by atoms with E-state index in [1.807, 2.05) is 30.3 Å². The quantitative estimate of drug-likeness (QED) is 0.609. The number of halogens is 2. The molecule has 0 bridgehead atoms. The van der Waals surface area contributed by atoms with Crippen molar-refractivity contribution < 1.29 is 18.3 Å². The van der Waals surface area contributed by atoms with Crippen LogP contribution < -0.4 is 9.75 Å². The molecule has 0 aliphatic carbocycles. The second-order valence-corrected chi connectivity index (χ2v) is 8.94. The number of rotatable bonds is 7. The van der Waals surface area contributed by atoms with Crippen LogP contribution in [0.3, 0.4) is 0 Å². The number of carbonyl (C=O) groups excluding carboxylic acids is 1. The van der Waals surface area contributed by atoms with Crippen molar-refractivity contribution in [1.29, 1.82) is 0 Å². The summed E-state index contributed by atoms with van der Waals surface area (Å²) in [6.07, 6.45) is 1.77. The molecule has 3 heterocycles. The monoisotopic (exact) mass is 439 g/mol. The summed E-state index contributed by atoms with van der Waals surface area (Å²) < 4.78 is 33.3. The molecule has 32 heavy (non-hydrogen) atoms. The second kappa shape index (κ2) is 8.28. The number of ether oxygens (including phenoxy) is 1. The molecule has 1 saturated heterocycles. The minimum Gasteiger partial charge on any atom is -0.489 e. The molecular weight excluding hydrogens is 412 g/mol. The van der Waals surface area contributed by atoms with Gasteiger partial charge in [0, 0.05) is 26.1 Å². The van der Waals surface area contributed by atoms with E-state index in [0.717, 1.165) is 24.9 Å². The lowest BCUT2D eigenvalue weighted by atomic mass is 9.67. The number of anilines is 1. The van der Waals surface area contributed by atoms with Gasteiger partial charge in [-0.3, -0.25) is 14.7 Å². The minimum atomic E-state index is -0.703. The van der Waals surface area contributed by atoms with Gasteiger partial charge in [0.15, 0.2) is 5.78 Å². The number of unbranched alkanes of at least 4 members (excludes halogenated alkanes) is 1. The van der Waals surface area contributed by atoms with Gasteiger partial charge >= 0.3 is 0 Å². The van der Waals surface area contributed by atoms with Gasteiger partial charge in [-0.25, -0.2) is 8.78 Å². The van der Waals surface area contributed by atoms with Crippen molar-refractivity contribution in [3.8, 4) is 5.75 Å². The molecule has 3 aliphatic heterocycles. The molecule has 3 aliphatic rings. The zero-order valence-electron chi connectivity index (χ0n) is 18.1. The molecule has 0 aromatic heterocycles. The van der Waals surface area contributed by atoms with Crippen LogP contribution in [-0.2, 0) is 10.2 Å². The first-order valence-corrected chi connectivity index (χ1v) is 11.2. The van der Waals surface area contributed by atoms with E-state index in [1.54, 1.807) is 18.0 Å². The average molecular weight is 440 g/mol. The topological polar surface area (TPSA) is 45.1 Å². The fourth-order valence-electron chi connectivity index (χ4n) is 5.34. The van der Waals surface area contributed by atoms with E-state index in [-0.39, 0.29) is 17.6 Å². The lowest BCUT2D eigenvalue weighted by Gasteiger charge is -2.41. The Hall–Kier alpha value is -2.80. The third-order valence-electron chi connectivity index (χ3n) is 6.89. The predicted molar refractivity (Wildman–Crippen MR) is 120 cm³/mol.